The molecule has 0 unspecified atom stereocenters. The normalized spacial score (nSPS) is 12.7. The molecular weight excluding hydrogens is 232 g/mol. The summed E-state index contributed by atoms with van der Waals surface area (Å²) in [5.41, 5.74) is 0.737. The van der Waals surface area contributed by atoms with Crippen molar-refractivity contribution in [1.82, 2.24) is 0 Å². The lowest BCUT2D eigenvalue weighted by molar-refractivity contribution is 0.587. The van der Waals surface area contributed by atoms with Crippen molar-refractivity contribution in [3.8, 4) is 0 Å². The van der Waals surface area contributed by atoms with E-state index in [0.717, 1.165) is 5.56 Å². The molecule has 3 nitrogen and oxygen atoms in total. The Hall–Kier alpha value is -0.680. The van der Waals surface area contributed by atoms with Crippen LogP contribution in [0.5, 0.6) is 0 Å². The van der Waals surface area contributed by atoms with Gasteiger partial charge in [-0.2, -0.15) is 0 Å². The molecule has 0 spiro atoms. The van der Waals surface area contributed by atoms with Crippen molar-refractivity contribution in [3.63, 3.8) is 0 Å². The van der Waals surface area contributed by atoms with E-state index in [-0.39, 0.29) is 10.8 Å². The van der Waals surface area contributed by atoms with Gasteiger partial charge in [0.25, 0.3) is 0 Å². The number of benzene rings is 1. The quantitative estimate of drug-likeness (QED) is 0.754. The third kappa shape index (κ3) is 5.09. The predicted molar refractivity (Wildman–Crippen MR) is 63.8 cm³/mol. The van der Waals surface area contributed by atoms with Gasteiger partial charge in [-0.05, 0) is 5.56 Å². The van der Waals surface area contributed by atoms with Crippen LogP contribution in [0.25, 0.3) is 0 Å². The highest BCUT2D eigenvalue weighted by Crippen LogP contribution is 2.09. The maximum absolute atomic E-state index is 11.6. The van der Waals surface area contributed by atoms with Crippen LogP contribution in [0.4, 0.5) is 0 Å². The van der Waals surface area contributed by atoms with Gasteiger partial charge in [-0.3, -0.25) is 0 Å². The topological polar surface area (TPSA) is 51.2 Å². The zero-order chi connectivity index (χ0) is 11.5. The molecule has 0 heterocycles. The Balaban J connectivity index is 2.79. The zero-order valence-corrected chi connectivity index (χ0v) is 10.5. The minimum atomic E-state index is -3.27. The maximum Gasteiger partial charge on any atom is 0.211 e. The molecule has 0 fully saturated rings. The standard InChI is InChI=1S/C10H15O3S2/c1-14(2,11)9-15(12,13)8-10-6-4-3-5-7-10/h3-7H,8-9H2,1-2H3/q+1. The minimum absolute atomic E-state index is 0.0352. The second-order valence-electron chi connectivity index (χ2n) is 3.93. The number of sulfone groups is 1. The zero-order valence-electron chi connectivity index (χ0n) is 8.84. The smallest absolute Gasteiger partial charge is 0.211 e. The molecule has 15 heavy (non-hydrogen) atoms. The molecule has 0 aliphatic rings. The SMILES string of the molecule is C[S+](C)(=O)CS(=O)(=O)Cc1ccccc1. The van der Waals surface area contributed by atoms with Gasteiger partial charge >= 0.3 is 0 Å². The first-order valence-corrected chi connectivity index (χ1v) is 8.81. The molecule has 1 aromatic rings. The molecule has 0 atom stereocenters. The fourth-order valence-corrected chi connectivity index (χ4v) is 5.80. The van der Waals surface area contributed by atoms with E-state index < -0.39 is 19.8 Å². The summed E-state index contributed by atoms with van der Waals surface area (Å²) in [4.78, 5) is 0. The van der Waals surface area contributed by atoms with Gasteiger partial charge in [0.2, 0.25) is 5.08 Å². The third-order valence-electron chi connectivity index (χ3n) is 1.69. The molecule has 0 saturated carbocycles. The van der Waals surface area contributed by atoms with Crippen LogP contribution < -0.4 is 0 Å². The Kier molecular flexibility index (Phi) is 3.67. The second-order valence-corrected chi connectivity index (χ2v) is 9.52. The van der Waals surface area contributed by atoms with Gasteiger partial charge in [-0.25, -0.2) is 8.42 Å². The Morgan fingerprint density at radius 1 is 1.13 bits per heavy atom. The molecule has 5 heteroatoms. The first kappa shape index (κ1) is 12.4. The molecule has 0 aromatic heterocycles. The molecule has 1 aromatic carbocycles. The Morgan fingerprint density at radius 2 is 1.67 bits per heavy atom. The van der Waals surface area contributed by atoms with Gasteiger partial charge in [-0.1, -0.05) is 30.3 Å². The van der Waals surface area contributed by atoms with Crippen molar-refractivity contribution in [2.45, 2.75) is 5.75 Å². The van der Waals surface area contributed by atoms with Gasteiger partial charge in [0.05, 0.1) is 15.7 Å². The van der Waals surface area contributed by atoms with Crippen molar-refractivity contribution in [2.24, 2.45) is 0 Å². The van der Waals surface area contributed by atoms with Crippen LogP contribution in [0.15, 0.2) is 30.3 Å². The lowest BCUT2D eigenvalue weighted by atomic mass is 10.2. The molecule has 84 valence electrons. The fourth-order valence-electron chi connectivity index (χ4n) is 1.30. The third-order valence-corrected chi connectivity index (χ3v) is 6.17. The molecule has 0 saturated heterocycles. The monoisotopic (exact) mass is 247 g/mol. The van der Waals surface area contributed by atoms with Crippen LogP contribution in [-0.4, -0.2) is 26.0 Å². The summed E-state index contributed by atoms with van der Waals surface area (Å²) in [6, 6.07) is 8.92. The molecular formula is C10H15O3S2+. The van der Waals surface area contributed by atoms with Crippen LogP contribution in [0.1, 0.15) is 5.56 Å². The van der Waals surface area contributed by atoms with Crippen molar-refractivity contribution >= 4 is 19.8 Å². The summed E-state index contributed by atoms with van der Waals surface area (Å²) >= 11 is 0. The number of hydrogen-bond donors (Lipinski definition) is 0. The summed E-state index contributed by atoms with van der Waals surface area (Å²) < 4.78 is 34.7. The van der Waals surface area contributed by atoms with E-state index in [4.69, 9.17) is 0 Å². The maximum atomic E-state index is 11.6. The van der Waals surface area contributed by atoms with E-state index in [1.165, 1.54) is 12.5 Å². The van der Waals surface area contributed by atoms with Crippen molar-refractivity contribution in [1.29, 1.82) is 0 Å². The van der Waals surface area contributed by atoms with Gasteiger partial charge < -0.3 is 0 Å². The lowest BCUT2D eigenvalue weighted by Crippen LogP contribution is -2.21. The van der Waals surface area contributed by atoms with Gasteiger partial charge in [-0.15, -0.1) is 4.21 Å². The van der Waals surface area contributed by atoms with E-state index in [2.05, 4.69) is 0 Å². The summed E-state index contributed by atoms with van der Waals surface area (Å²) in [6.07, 6.45) is 2.94. The predicted octanol–water partition coefficient (Wildman–Crippen LogP) is 1.32. The number of hydrogen-bond acceptors (Lipinski definition) is 3. The highest BCUT2D eigenvalue weighted by atomic mass is 32.3. The molecule has 1 rings (SSSR count). The van der Waals surface area contributed by atoms with E-state index in [9.17, 15) is 12.6 Å². The molecule has 0 bridgehead atoms. The van der Waals surface area contributed by atoms with E-state index in [1.54, 1.807) is 24.3 Å². The summed E-state index contributed by atoms with van der Waals surface area (Å²) in [5, 5.41) is -0.241. The van der Waals surface area contributed by atoms with Gasteiger partial charge in [0.15, 0.2) is 9.84 Å². The Bertz CT molecular complexity index is 457. The van der Waals surface area contributed by atoms with E-state index in [1.807, 2.05) is 6.07 Å². The van der Waals surface area contributed by atoms with Crippen LogP contribution in [0.2, 0.25) is 0 Å². The highest BCUT2D eigenvalue weighted by molar-refractivity contribution is 8.13. The lowest BCUT2D eigenvalue weighted by Gasteiger charge is -2.03. The first-order valence-electron chi connectivity index (χ1n) is 4.45. The molecule has 0 N–H and O–H groups in total. The molecule has 0 radical (unpaired) electrons. The summed E-state index contributed by atoms with van der Waals surface area (Å²) in [6.45, 7) is 0. The van der Waals surface area contributed by atoms with Crippen LogP contribution in [-0.2, 0) is 29.7 Å². The van der Waals surface area contributed by atoms with Crippen molar-refractivity contribution < 1.29 is 12.6 Å². The summed E-state index contributed by atoms with van der Waals surface area (Å²) in [5.74, 6) is -0.0352. The average Bonchev–Trinajstić information content (AvgIpc) is 1.99. The average molecular weight is 247 g/mol. The first-order chi connectivity index (χ1) is 6.79. The van der Waals surface area contributed by atoms with E-state index >= 15 is 0 Å². The van der Waals surface area contributed by atoms with Crippen molar-refractivity contribution in [3.05, 3.63) is 35.9 Å². The van der Waals surface area contributed by atoms with Crippen molar-refractivity contribution in [2.75, 3.05) is 17.6 Å². The molecule has 0 amide bonds. The van der Waals surface area contributed by atoms with Crippen LogP contribution in [0, 0.1) is 0 Å². The molecule has 0 aliphatic heterocycles. The largest absolute Gasteiger partial charge is 0.224 e. The minimum Gasteiger partial charge on any atom is -0.224 e. The van der Waals surface area contributed by atoms with E-state index in [0.29, 0.717) is 0 Å². The van der Waals surface area contributed by atoms with Crippen LogP contribution in [0.3, 0.4) is 0 Å². The molecule has 0 aliphatic carbocycles. The number of rotatable bonds is 4. The summed E-state index contributed by atoms with van der Waals surface area (Å²) in [7, 11) is -5.51. The Morgan fingerprint density at radius 3 is 2.13 bits per heavy atom. The van der Waals surface area contributed by atoms with Gasteiger partial charge in [0.1, 0.15) is 12.5 Å². The van der Waals surface area contributed by atoms with Crippen LogP contribution >= 0.6 is 0 Å². The Labute approximate surface area is 91.9 Å². The van der Waals surface area contributed by atoms with Gasteiger partial charge in [0, 0.05) is 0 Å². The fraction of sp³-hybridized carbons (Fsp3) is 0.400. The second kappa shape index (κ2) is 4.45. The highest BCUT2D eigenvalue weighted by Gasteiger charge is 2.25.